The molecule has 1 aliphatic heterocycles. The average molecular weight is 285 g/mol. The predicted octanol–water partition coefficient (Wildman–Crippen LogP) is 1.64. The summed E-state index contributed by atoms with van der Waals surface area (Å²) in [5, 5.41) is 3.86. The number of hydrogen-bond donors (Lipinski definition) is 1. The molecule has 1 aromatic carbocycles. The van der Waals surface area contributed by atoms with Gasteiger partial charge in [-0.25, -0.2) is 0 Å². The monoisotopic (exact) mass is 284 g/mol. The molecule has 4 nitrogen and oxygen atoms in total. The molecule has 0 amide bonds. The second-order valence-corrected chi connectivity index (χ2v) is 5.09. The Bertz CT molecular complexity index is 387. The van der Waals surface area contributed by atoms with Gasteiger partial charge in [-0.05, 0) is 25.2 Å². The molecule has 1 heterocycles. The summed E-state index contributed by atoms with van der Waals surface area (Å²) >= 11 is 5.91. The third-order valence-corrected chi connectivity index (χ3v) is 3.36. The van der Waals surface area contributed by atoms with Crippen molar-refractivity contribution >= 4 is 11.6 Å². The molecule has 1 aromatic rings. The van der Waals surface area contributed by atoms with E-state index in [1.165, 1.54) is 0 Å². The van der Waals surface area contributed by atoms with Crippen LogP contribution in [0.1, 0.15) is 0 Å². The van der Waals surface area contributed by atoms with Crippen LogP contribution in [0.25, 0.3) is 0 Å². The second kappa shape index (κ2) is 7.70. The molecular weight excluding hydrogens is 264 g/mol. The van der Waals surface area contributed by atoms with Crippen molar-refractivity contribution in [1.29, 1.82) is 0 Å². The fraction of sp³-hybridized carbons (Fsp3) is 0.571. The molecule has 1 saturated heterocycles. The largest absolute Gasteiger partial charge is 0.492 e. The first-order valence-electron chi connectivity index (χ1n) is 6.65. The van der Waals surface area contributed by atoms with Crippen LogP contribution in [0.4, 0.5) is 0 Å². The van der Waals surface area contributed by atoms with Gasteiger partial charge in [0.15, 0.2) is 0 Å². The topological polar surface area (TPSA) is 33.7 Å². The Kier molecular flexibility index (Phi) is 5.92. The Labute approximate surface area is 119 Å². The Morgan fingerprint density at radius 2 is 2.42 bits per heavy atom. The van der Waals surface area contributed by atoms with E-state index >= 15 is 0 Å². The number of nitrogens with zero attached hydrogens (tertiary/aromatic N) is 1. The van der Waals surface area contributed by atoms with Gasteiger partial charge in [-0.15, -0.1) is 0 Å². The lowest BCUT2D eigenvalue weighted by molar-refractivity contribution is -0.0291. The summed E-state index contributed by atoms with van der Waals surface area (Å²) in [5.41, 5.74) is 0. The quantitative estimate of drug-likeness (QED) is 0.861. The minimum Gasteiger partial charge on any atom is -0.492 e. The number of likely N-dealkylation sites (N-methyl/N-ethyl adjacent to an activating group) is 1. The van der Waals surface area contributed by atoms with Crippen molar-refractivity contribution in [1.82, 2.24) is 10.2 Å². The SMILES string of the molecule is CNCC1CN(CCOc2cccc(Cl)c2)CCO1. The fourth-order valence-corrected chi connectivity index (χ4v) is 2.36. The van der Waals surface area contributed by atoms with Gasteiger partial charge in [0.05, 0.1) is 12.7 Å². The number of halogens is 1. The van der Waals surface area contributed by atoms with Crippen molar-refractivity contribution < 1.29 is 9.47 Å². The molecule has 0 aliphatic carbocycles. The molecular formula is C14H21ClN2O2. The van der Waals surface area contributed by atoms with Crippen LogP contribution < -0.4 is 10.1 Å². The zero-order chi connectivity index (χ0) is 13.5. The average Bonchev–Trinajstić information content (AvgIpc) is 2.40. The summed E-state index contributed by atoms with van der Waals surface area (Å²) in [5.74, 6) is 0.826. The van der Waals surface area contributed by atoms with E-state index in [9.17, 15) is 0 Å². The maximum absolute atomic E-state index is 5.91. The molecule has 0 bridgehead atoms. The Morgan fingerprint density at radius 3 is 3.21 bits per heavy atom. The molecule has 0 aromatic heterocycles. The number of nitrogens with one attached hydrogen (secondary N) is 1. The van der Waals surface area contributed by atoms with Gasteiger partial charge in [0.1, 0.15) is 12.4 Å². The fourth-order valence-electron chi connectivity index (χ4n) is 2.18. The van der Waals surface area contributed by atoms with E-state index < -0.39 is 0 Å². The van der Waals surface area contributed by atoms with Gasteiger partial charge in [0.25, 0.3) is 0 Å². The van der Waals surface area contributed by atoms with E-state index in [1.807, 2.05) is 31.3 Å². The van der Waals surface area contributed by atoms with Crippen LogP contribution in [-0.4, -0.2) is 57.4 Å². The third kappa shape index (κ3) is 4.99. The minimum atomic E-state index is 0.282. The summed E-state index contributed by atoms with van der Waals surface area (Å²) in [7, 11) is 1.95. The molecule has 5 heteroatoms. The van der Waals surface area contributed by atoms with Crippen molar-refractivity contribution in [2.75, 3.05) is 46.4 Å². The number of rotatable bonds is 6. The maximum Gasteiger partial charge on any atom is 0.120 e. The lowest BCUT2D eigenvalue weighted by Gasteiger charge is -2.32. The summed E-state index contributed by atoms with van der Waals surface area (Å²) < 4.78 is 11.4. The summed E-state index contributed by atoms with van der Waals surface area (Å²) in [4.78, 5) is 2.37. The lowest BCUT2D eigenvalue weighted by Crippen LogP contribution is -2.47. The van der Waals surface area contributed by atoms with Crippen LogP contribution in [-0.2, 0) is 4.74 Å². The van der Waals surface area contributed by atoms with E-state index in [1.54, 1.807) is 0 Å². The third-order valence-electron chi connectivity index (χ3n) is 3.13. The van der Waals surface area contributed by atoms with E-state index in [0.717, 1.165) is 38.5 Å². The smallest absolute Gasteiger partial charge is 0.120 e. The molecule has 1 aliphatic rings. The number of morpholine rings is 1. The van der Waals surface area contributed by atoms with Gasteiger partial charge in [-0.1, -0.05) is 17.7 Å². The van der Waals surface area contributed by atoms with Gasteiger partial charge in [-0.2, -0.15) is 0 Å². The molecule has 1 fully saturated rings. The number of benzene rings is 1. The zero-order valence-electron chi connectivity index (χ0n) is 11.3. The molecule has 2 rings (SSSR count). The molecule has 1 unspecified atom stereocenters. The first-order valence-corrected chi connectivity index (χ1v) is 7.02. The predicted molar refractivity (Wildman–Crippen MR) is 77.1 cm³/mol. The van der Waals surface area contributed by atoms with Crippen LogP contribution in [0.15, 0.2) is 24.3 Å². The standard InChI is InChI=1S/C14H21ClN2O2/c1-16-10-14-11-17(6-8-19-14)5-7-18-13-4-2-3-12(15)9-13/h2-4,9,14,16H,5-8,10-11H2,1H3. The minimum absolute atomic E-state index is 0.282. The highest BCUT2D eigenvalue weighted by molar-refractivity contribution is 6.30. The van der Waals surface area contributed by atoms with Crippen molar-refractivity contribution in [2.45, 2.75) is 6.10 Å². The highest BCUT2D eigenvalue weighted by atomic mass is 35.5. The van der Waals surface area contributed by atoms with Crippen molar-refractivity contribution in [3.8, 4) is 5.75 Å². The molecule has 1 N–H and O–H groups in total. The van der Waals surface area contributed by atoms with Gasteiger partial charge in [0, 0.05) is 31.2 Å². The molecule has 19 heavy (non-hydrogen) atoms. The Hall–Kier alpha value is -0.810. The Morgan fingerprint density at radius 1 is 1.53 bits per heavy atom. The highest BCUT2D eigenvalue weighted by Crippen LogP contribution is 2.17. The molecule has 0 spiro atoms. The summed E-state index contributed by atoms with van der Waals surface area (Å²) in [6.07, 6.45) is 0.282. The molecule has 1 atom stereocenters. The van der Waals surface area contributed by atoms with E-state index in [2.05, 4.69) is 10.2 Å². The highest BCUT2D eigenvalue weighted by Gasteiger charge is 2.19. The van der Waals surface area contributed by atoms with Gasteiger partial charge >= 0.3 is 0 Å². The van der Waals surface area contributed by atoms with Gasteiger partial charge < -0.3 is 14.8 Å². The maximum atomic E-state index is 5.91. The molecule has 0 saturated carbocycles. The van der Waals surface area contributed by atoms with Crippen molar-refractivity contribution in [2.24, 2.45) is 0 Å². The normalized spacial score (nSPS) is 20.4. The van der Waals surface area contributed by atoms with Gasteiger partial charge in [-0.3, -0.25) is 4.90 Å². The first-order chi connectivity index (χ1) is 9.28. The summed E-state index contributed by atoms with van der Waals surface area (Å²) in [6.45, 7) is 5.21. The van der Waals surface area contributed by atoms with Gasteiger partial charge in [0.2, 0.25) is 0 Å². The van der Waals surface area contributed by atoms with E-state index in [4.69, 9.17) is 21.1 Å². The lowest BCUT2D eigenvalue weighted by atomic mass is 10.2. The molecule has 0 radical (unpaired) electrons. The number of ether oxygens (including phenoxy) is 2. The zero-order valence-corrected chi connectivity index (χ0v) is 12.0. The van der Waals surface area contributed by atoms with Crippen LogP contribution in [0.5, 0.6) is 5.75 Å². The van der Waals surface area contributed by atoms with E-state index in [-0.39, 0.29) is 6.10 Å². The van der Waals surface area contributed by atoms with E-state index in [0.29, 0.717) is 11.6 Å². The molecule has 106 valence electrons. The van der Waals surface area contributed by atoms with Crippen LogP contribution in [0, 0.1) is 0 Å². The van der Waals surface area contributed by atoms with Crippen molar-refractivity contribution in [3.05, 3.63) is 29.3 Å². The second-order valence-electron chi connectivity index (χ2n) is 4.66. The van der Waals surface area contributed by atoms with Crippen LogP contribution in [0.2, 0.25) is 5.02 Å². The van der Waals surface area contributed by atoms with Crippen molar-refractivity contribution in [3.63, 3.8) is 0 Å². The first kappa shape index (κ1) is 14.6. The number of hydrogen-bond acceptors (Lipinski definition) is 4. The van der Waals surface area contributed by atoms with Crippen LogP contribution in [0.3, 0.4) is 0 Å². The van der Waals surface area contributed by atoms with Crippen LogP contribution >= 0.6 is 11.6 Å². The Balaban J connectivity index is 1.70. The summed E-state index contributed by atoms with van der Waals surface area (Å²) in [6, 6.07) is 7.51.